The van der Waals surface area contributed by atoms with E-state index in [1.165, 1.54) is 6.07 Å². The van der Waals surface area contributed by atoms with E-state index in [0.29, 0.717) is 19.3 Å². The van der Waals surface area contributed by atoms with Gasteiger partial charge in [0.2, 0.25) is 0 Å². The van der Waals surface area contributed by atoms with Crippen LogP contribution < -0.4 is 0 Å². The molecule has 1 fully saturated rings. The normalized spacial score (nSPS) is 17.2. The highest BCUT2D eigenvalue weighted by atomic mass is 35.5. The van der Waals surface area contributed by atoms with E-state index in [1.807, 2.05) is 38.1 Å². The van der Waals surface area contributed by atoms with Crippen LogP contribution in [0.4, 0.5) is 4.39 Å². The summed E-state index contributed by atoms with van der Waals surface area (Å²) in [5.41, 5.74) is 5.38. The van der Waals surface area contributed by atoms with Crippen molar-refractivity contribution in [1.82, 2.24) is 14.7 Å². The second-order valence-corrected chi connectivity index (χ2v) is 12.2. The minimum atomic E-state index is -3.00. The fourth-order valence-electron chi connectivity index (χ4n) is 5.15. The molecule has 0 amide bonds. The molecule has 1 aliphatic rings. The number of fused-ring (bicyclic) bond motifs is 1. The van der Waals surface area contributed by atoms with Gasteiger partial charge in [0.25, 0.3) is 0 Å². The molecule has 0 saturated carbocycles. The van der Waals surface area contributed by atoms with Crippen molar-refractivity contribution in [3.63, 3.8) is 0 Å². The molecule has 2 aromatic heterocycles. The number of halogens is 2. The van der Waals surface area contributed by atoms with E-state index < -0.39 is 15.7 Å². The van der Waals surface area contributed by atoms with Crippen molar-refractivity contribution in [1.29, 1.82) is 0 Å². The first-order valence-corrected chi connectivity index (χ1v) is 13.9. The van der Waals surface area contributed by atoms with Crippen LogP contribution in [0.5, 0.6) is 0 Å². The van der Waals surface area contributed by atoms with Crippen molar-refractivity contribution in [2.45, 2.75) is 52.0 Å². The minimum Gasteiger partial charge on any atom is -0.361 e. The lowest BCUT2D eigenvalue weighted by Gasteiger charge is -2.27. The Labute approximate surface area is 209 Å². The lowest BCUT2D eigenvalue weighted by atomic mass is 9.99. The highest BCUT2D eigenvalue weighted by Gasteiger charge is 2.29. The third kappa shape index (κ3) is 4.61. The Hall–Kier alpha value is -2.71. The van der Waals surface area contributed by atoms with Gasteiger partial charge in [0, 0.05) is 17.5 Å². The van der Waals surface area contributed by atoms with Gasteiger partial charge in [0.15, 0.2) is 0 Å². The number of sulfone groups is 1. The van der Waals surface area contributed by atoms with Gasteiger partial charge in [-0.05, 0) is 68.5 Å². The average molecular weight is 516 g/mol. The standard InChI is InChI=1S/C26H27ClFN3O3S/c1-15(12-18-4-6-21(27)22(28)13-18)26-29-23-14-19(25-16(2)30-34-17(25)3)5-7-24(23)31(26)20-8-10-35(32,33)11-9-20/h4-7,13-15,20H,8-12H2,1-3H3/t15-/m0/s1. The van der Waals surface area contributed by atoms with Gasteiger partial charge in [-0.15, -0.1) is 0 Å². The van der Waals surface area contributed by atoms with Gasteiger partial charge in [-0.25, -0.2) is 17.8 Å². The van der Waals surface area contributed by atoms with Gasteiger partial charge in [-0.1, -0.05) is 35.8 Å². The van der Waals surface area contributed by atoms with Crippen LogP contribution in [0.2, 0.25) is 5.02 Å². The predicted octanol–water partition coefficient (Wildman–Crippen LogP) is 6.20. The topological polar surface area (TPSA) is 78.0 Å². The van der Waals surface area contributed by atoms with Crippen molar-refractivity contribution >= 4 is 32.5 Å². The van der Waals surface area contributed by atoms with Crippen LogP contribution >= 0.6 is 11.6 Å². The van der Waals surface area contributed by atoms with Gasteiger partial charge >= 0.3 is 0 Å². The maximum atomic E-state index is 14.1. The summed E-state index contributed by atoms with van der Waals surface area (Å²) in [6.45, 7) is 5.87. The summed E-state index contributed by atoms with van der Waals surface area (Å²) in [6.07, 6.45) is 1.68. The van der Waals surface area contributed by atoms with Gasteiger partial charge < -0.3 is 9.09 Å². The average Bonchev–Trinajstić information content (AvgIpc) is 3.35. The maximum Gasteiger partial charge on any atom is 0.150 e. The highest BCUT2D eigenvalue weighted by molar-refractivity contribution is 7.91. The van der Waals surface area contributed by atoms with Crippen LogP contribution in [0.25, 0.3) is 22.2 Å². The summed E-state index contributed by atoms with van der Waals surface area (Å²) in [4.78, 5) is 5.03. The summed E-state index contributed by atoms with van der Waals surface area (Å²) in [5.74, 6) is 1.50. The van der Waals surface area contributed by atoms with Gasteiger partial charge in [0.1, 0.15) is 27.2 Å². The van der Waals surface area contributed by atoms with Crippen molar-refractivity contribution in [2.24, 2.45) is 0 Å². The number of aromatic nitrogens is 3. The molecule has 6 nitrogen and oxygen atoms in total. The van der Waals surface area contributed by atoms with Crippen LogP contribution in [0.3, 0.4) is 0 Å². The summed E-state index contributed by atoms with van der Waals surface area (Å²) >= 11 is 5.87. The number of hydrogen-bond acceptors (Lipinski definition) is 5. The molecule has 2 aromatic carbocycles. The molecule has 0 unspecified atom stereocenters. The maximum absolute atomic E-state index is 14.1. The molecule has 0 radical (unpaired) electrons. The van der Waals surface area contributed by atoms with E-state index in [1.54, 1.807) is 6.07 Å². The SMILES string of the molecule is Cc1noc(C)c1-c1ccc2c(c1)nc([C@@H](C)Cc1ccc(Cl)c(F)c1)n2C1CCS(=O)(=O)CC1. The predicted molar refractivity (Wildman–Crippen MR) is 135 cm³/mol. The number of rotatable bonds is 5. The van der Waals surface area contributed by atoms with Crippen LogP contribution in [0, 0.1) is 19.7 Å². The lowest BCUT2D eigenvalue weighted by molar-refractivity contribution is 0.393. The highest BCUT2D eigenvalue weighted by Crippen LogP contribution is 2.36. The Kier molecular flexibility index (Phi) is 6.21. The van der Waals surface area contributed by atoms with E-state index in [0.717, 1.165) is 45.0 Å². The zero-order chi connectivity index (χ0) is 24.9. The Morgan fingerprint density at radius 3 is 2.57 bits per heavy atom. The molecule has 0 N–H and O–H groups in total. The molecule has 5 rings (SSSR count). The molecular weight excluding hydrogens is 489 g/mol. The first-order chi connectivity index (χ1) is 16.6. The second-order valence-electron chi connectivity index (χ2n) is 9.48. The number of benzene rings is 2. The molecule has 4 aromatic rings. The molecule has 1 saturated heterocycles. The number of nitrogens with zero attached hydrogens (tertiary/aromatic N) is 3. The smallest absolute Gasteiger partial charge is 0.150 e. The Morgan fingerprint density at radius 2 is 1.91 bits per heavy atom. The van der Waals surface area contributed by atoms with Crippen LogP contribution in [-0.4, -0.2) is 34.6 Å². The van der Waals surface area contributed by atoms with E-state index in [-0.39, 0.29) is 28.5 Å². The lowest BCUT2D eigenvalue weighted by Crippen LogP contribution is -2.27. The molecule has 35 heavy (non-hydrogen) atoms. The van der Waals surface area contributed by atoms with Crippen LogP contribution in [0.15, 0.2) is 40.9 Å². The first kappa shape index (κ1) is 24.0. The molecule has 3 heterocycles. The van der Waals surface area contributed by atoms with Crippen molar-refractivity contribution in [3.8, 4) is 11.1 Å². The molecule has 0 spiro atoms. The molecule has 1 aliphatic heterocycles. The second kappa shape index (κ2) is 9.06. The van der Waals surface area contributed by atoms with E-state index in [9.17, 15) is 12.8 Å². The summed E-state index contributed by atoms with van der Waals surface area (Å²) in [7, 11) is -3.00. The molecular formula is C26H27ClFN3O3S. The number of imidazole rings is 1. The number of hydrogen-bond donors (Lipinski definition) is 0. The molecule has 9 heteroatoms. The molecule has 0 aliphatic carbocycles. The quantitative estimate of drug-likeness (QED) is 0.316. The van der Waals surface area contributed by atoms with Gasteiger partial charge in [-0.2, -0.15) is 0 Å². The van der Waals surface area contributed by atoms with Crippen molar-refractivity contribution < 1.29 is 17.3 Å². The monoisotopic (exact) mass is 515 g/mol. The zero-order valence-electron chi connectivity index (χ0n) is 19.9. The van der Waals surface area contributed by atoms with Gasteiger partial charge in [0.05, 0.1) is 33.3 Å². The molecule has 184 valence electrons. The molecule has 1 atom stereocenters. The zero-order valence-corrected chi connectivity index (χ0v) is 21.5. The largest absolute Gasteiger partial charge is 0.361 e. The Morgan fingerprint density at radius 1 is 1.17 bits per heavy atom. The number of aryl methyl sites for hydroxylation is 2. The van der Waals surface area contributed by atoms with E-state index in [4.69, 9.17) is 21.1 Å². The summed E-state index contributed by atoms with van der Waals surface area (Å²) < 4.78 is 45.8. The Balaban J connectivity index is 1.59. The van der Waals surface area contributed by atoms with Gasteiger partial charge in [-0.3, -0.25) is 0 Å². The summed E-state index contributed by atoms with van der Waals surface area (Å²) in [6, 6.07) is 11.0. The summed E-state index contributed by atoms with van der Waals surface area (Å²) in [5, 5.41) is 4.17. The fraction of sp³-hybridized carbons (Fsp3) is 0.385. The Bertz CT molecular complexity index is 1490. The van der Waals surface area contributed by atoms with E-state index in [2.05, 4.69) is 16.6 Å². The van der Waals surface area contributed by atoms with Crippen LogP contribution in [0.1, 0.15) is 54.6 Å². The fourth-order valence-corrected chi connectivity index (χ4v) is 6.73. The third-order valence-electron chi connectivity index (χ3n) is 6.89. The third-order valence-corrected chi connectivity index (χ3v) is 8.92. The minimum absolute atomic E-state index is 0.0241. The van der Waals surface area contributed by atoms with E-state index >= 15 is 0 Å². The van der Waals surface area contributed by atoms with Crippen molar-refractivity contribution in [2.75, 3.05) is 11.5 Å². The van der Waals surface area contributed by atoms with Crippen LogP contribution in [-0.2, 0) is 16.3 Å². The molecule has 0 bridgehead atoms. The first-order valence-electron chi connectivity index (χ1n) is 11.7. The van der Waals surface area contributed by atoms with Crippen molar-refractivity contribution in [3.05, 3.63) is 70.1 Å².